The summed E-state index contributed by atoms with van der Waals surface area (Å²) >= 11 is 4.86. The van der Waals surface area contributed by atoms with Crippen molar-refractivity contribution in [1.29, 1.82) is 0 Å². The molecule has 2 aromatic rings. The zero-order valence-electron chi connectivity index (χ0n) is 14.4. The Balaban J connectivity index is 1.71. The molecule has 1 saturated heterocycles. The molecule has 1 atom stereocenters. The Morgan fingerprint density at radius 3 is 2.68 bits per heavy atom. The lowest BCUT2D eigenvalue weighted by Gasteiger charge is -2.31. The van der Waals surface area contributed by atoms with Gasteiger partial charge in [-0.05, 0) is 37.8 Å². The molecule has 6 nitrogen and oxygen atoms in total. The highest BCUT2D eigenvalue weighted by Gasteiger charge is 2.27. The van der Waals surface area contributed by atoms with Gasteiger partial charge in [0, 0.05) is 23.1 Å². The number of halogens is 1. The number of rotatable bonds is 4. The first-order valence-corrected chi connectivity index (χ1v) is 10.1. The van der Waals surface area contributed by atoms with Crippen LogP contribution in [0.15, 0.2) is 33.9 Å². The van der Waals surface area contributed by atoms with E-state index in [1.54, 1.807) is 0 Å². The molecule has 0 aliphatic carbocycles. The number of likely N-dealkylation sites (tertiary alicyclic amines) is 1. The molecule has 134 valence electrons. The minimum Gasteiger partial charge on any atom is -0.342 e. The summed E-state index contributed by atoms with van der Waals surface area (Å²) in [5, 5.41) is 8.66. The molecule has 25 heavy (non-hydrogen) atoms. The molecular weight excluding hydrogens is 402 g/mol. The molecule has 1 aliphatic heterocycles. The third kappa shape index (κ3) is 4.00. The van der Waals surface area contributed by atoms with Crippen LogP contribution in [0.2, 0.25) is 0 Å². The number of hydrogen-bond donors (Lipinski definition) is 1. The average molecular weight is 424 g/mol. The van der Waals surface area contributed by atoms with Crippen molar-refractivity contribution < 1.29 is 4.79 Å². The lowest BCUT2D eigenvalue weighted by molar-refractivity contribution is -0.131. The molecular formula is C17H22BrN5OS. The number of hydrogen-bond acceptors (Lipinski definition) is 5. The van der Waals surface area contributed by atoms with E-state index < -0.39 is 0 Å². The van der Waals surface area contributed by atoms with Gasteiger partial charge in [0.1, 0.15) is 0 Å². The molecule has 0 bridgehead atoms. The number of aromatic nitrogens is 3. The van der Waals surface area contributed by atoms with Crippen molar-refractivity contribution in [2.24, 2.45) is 5.92 Å². The predicted octanol–water partition coefficient (Wildman–Crippen LogP) is 3.16. The van der Waals surface area contributed by atoms with Crippen LogP contribution in [-0.2, 0) is 4.79 Å². The lowest BCUT2D eigenvalue weighted by atomic mass is 9.99. The SMILES string of the molecule is CC1CCN(C(=O)[C@@H](C)Sc2nnc(-c3ccccc3Br)n2N)CC1. The van der Waals surface area contributed by atoms with Crippen molar-refractivity contribution in [1.82, 2.24) is 19.8 Å². The smallest absolute Gasteiger partial charge is 0.235 e. The van der Waals surface area contributed by atoms with Crippen LogP contribution in [0.3, 0.4) is 0 Å². The van der Waals surface area contributed by atoms with Crippen LogP contribution in [0, 0.1) is 5.92 Å². The van der Waals surface area contributed by atoms with Crippen LogP contribution < -0.4 is 5.84 Å². The Hall–Kier alpha value is -1.54. The number of benzene rings is 1. The van der Waals surface area contributed by atoms with Gasteiger partial charge in [-0.1, -0.05) is 46.7 Å². The van der Waals surface area contributed by atoms with Gasteiger partial charge in [-0.15, -0.1) is 10.2 Å². The van der Waals surface area contributed by atoms with Gasteiger partial charge >= 0.3 is 0 Å². The molecule has 2 heterocycles. The van der Waals surface area contributed by atoms with E-state index in [4.69, 9.17) is 5.84 Å². The van der Waals surface area contributed by atoms with Gasteiger partial charge in [0.15, 0.2) is 5.82 Å². The van der Waals surface area contributed by atoms with Crippen LogP contribution in [-0.4, -0.2) is 44.0 Å². The minimum atomic E-state index is -0.244. The summed E-state index contributed by atoms with van der Waals surface area (Å²) in [6, 6.07) is 7.71. The third-order valence-corrected chi connectivity index (χ3v) is 6.24. The third-order valence-electron chi connectivity index (χ3n) is 4.50. The van der Waals surface area contributed by atoms with Crippen LogP contribution in [0.4, 0.5) is 0 Å². The normalized spacial score (nSPS) is 16.8. The van der Waals surface area contributed by atoms with Crippen LogP contribution in [0.25, 0.3) is 11.4 Å². The van der Waals surface area contributed by atoms with Crippen LogP contribution in [0.1, 0.15) is 26.7 Å². The van der Waals surface area contributed by atoms with Crippen molar-refractivity contribution in [2.75, 3.05) is 18.9 Å². The van der Waals surface area contributed by atoms with Crippen LogP contribution in [0.5, 0.6) is 0 Å². The van der Waals surface area contributed by atoms with E-state index in [9.17, 15) is 4.79 Å². The molecule has 3 rings (SSSR count). The molecule has 8 heteroatoms. The number of piperidine rings is 1. The molecule has 2 N–H and O–H groups in total. The van der Waals surface area contributed by atoms with E-state index in [-0.39, 0.29) is 11.2 Å². The molecule has 0 spiro atoms. The number of thioether (sulfide) groups is 1. The van der Waals surface area contributed by atoms with Gasteiger partial charge in [-0.2, -0.15) is 0 Å². The average Bonchev–Trinajstić information content (AvgIpc) is 2.96. The second-order valence-corrected chi connectivity index (χ2v) is 8.59. The second kappa shape index (κ2) is 7.78. The maximum Gasteiger partial charge on any atom is 0.235 e. The quantitative estimate of drug-likeness (QED) is 0.603. The highest BCUT2D eigenvalue weighted by molar-refractivity contribution is 9.10. The Morgan fingerprint density at radius 2 is 2.00 bits per heavy atom. The highest BCUT2D eigenvalue weighted by atomic mass is 79.9. The predicted molar refractivity (Wildman–Crippen MR) is 104 cm³/mol. The summed E-state index contributed by atoms with van der Waals surface area (Å²) in [6.07, 6.45) is 2.14. The van der Waals surface area contributed by atoms with Gasteiger partial charge in [0.2, 0.25) is 11.1 Å². The van der Waals surface area contributed by atoms with Gasteiger partial charge in [0.25, 0.3) is 0 Å². The number of carbonyl (C=O) groups excluding carboxylic acids is 1. The Bertz CT molecular complexity index is 757. The standard InChI is InChI=1S/C17H22BrN5OS/c1-11-7-9-22(10-8-11)16(24)12(2)25-17-21-20-15(23(17)19)13-5-3-4-6-14(13)18/h3-6,11-12H,7-10,19H2,1-2H3/t12-/m1/s1. The van der Waals surface area contributed by atoms with Crippen LogP contribution >= 0.6 is 27.7 Å². The molecule has 0 radical (unpaired) electrons. The maximum absolute atomic E-state index is 12.7. The zero-order valence-corrected chi connectivity index (χ0v) is 16.8. The van der Waals surface area contributed by atoms with Crippen molar-refractivity contribution in [3.63, 3.8) is 0 Å². The summed E-state index contributed by atoms with van der Waals surface area (Å²) in [7, 11) is 0. The van der Waals surface area contributed by atoms with Crippen molar-refractivity contribution in [3.05, 3.63) is 28.7 Å². The zero-order chi connectivity index (χ0) is 18.0. The first-order chi connectivity index (χ1) is 12.0. The van der Waals surface area contributed by atoms with Crippen molar-refractivity contribution in [3.8, 4) is 11.4 Å². The lowest BCUT2D eigenvalue weighted by Crippen LogP contribution is -2.41. The van der Waals surface area contributed by atoms with E-state index in [0.29, 0.717) is 16.9 Å². The molecule has 1 amide bonds. The summed E-state index contributed by atoms with van der Waals surface area (Å²) in [6.45, 7) is 5.81. The summed E-state index contributed by atoms with van der Waals surface area (Å²) in [5.41, 5.74) is 0.869. The maximum atomic E-state index is 12.7. The minimum absolute atomic E-state index is 0.141. The molecule has 0 saturated carbocycles. The number of nitrogen functional groups attached to an aromatic ring is 1. The fourth-order valence-corrected chi connectivity index (χ4v) is 4.19. The second-order valence-electron chi connectivity index (χ2n) is 6.42. The molecule has 1 aliphatic rings. The molecule has 1 aromatic heterocycles. The van der Waals surface area contributed by atoms with Gasteiger partial charge in [0.05, 0.1) is 5.25 Å². The number of nitrogens with two attached hydrogens (primary N) is 1. The van der Waals surface area contributed by atoms with Crippen molar-refractivity contribution >= 4 is 33.6 Å². The van der Waals surface area contributed by atoms with Gasteiger partial charge in [-0.3, -0.25) is 4.79 Å². The number of amides is 1. The fraction of sp³-hybridized carbons (Fsp3) is 0.471. The Morgan fingerprint density at radius 1 is 1.32 bits per heavy atom. The first kappa shape index (κ1) is 18.3. The number of carbonyl (C=O) groups is 1. The molecule has 1 fully saturated rings. The summed E-state index contributed by atoms with van der Waals surface area (Å²) in [5.74, 6) is 7.59. The first-order valence-electron chi connectivity index (χ1n) is 8.38. The summed E-state index contributed by atoms with van der Waals surface area (Å²) in [4.78, 5) is 14.6. The summed E-state index contributed by atoms with van der Waals surface area (Å²) < 4.78 is 2.35. The highest BCUT2D eigenvalue weighted by Crippen LogP contribution is 2.30. The van der Waals surface area contributed by atoms with E-state index in [2.05, 4.69) is 33.1 Å². The molecule has 1 aromatic carbocycles. The topological polar surface area (TPSA) is 77.0 Å². The Kier molecular flexibility index (Phi) is 5.68. The fourth-order valence-electron chi connectivity index (χ4n) is 2.88. The van der Waals surface area contributed by atoms with E-state index in [0.717, 1.165) is 36.0 Å². The monoisotopic (exact) mass is 423 g/mol. The van der Waals surface area contributed by atoms with E-state index in [1.165, 1.54) is 16.4 Å². The molecule has 0 unspecified atom stereocenters. The largest absolute Gasteiger partial charge is 0.342 e. The Labute approximate surface area is 160 Å². The van der Waals surface area contributed by atoms with E-state index in [1.807, 2.05) is 36.1 Å². The van der Waals surface area contributed by atoms with Gasteiger partial charge < -0.3 is 10.7 Å². The van der Waals surface area contributed by atoms with Crippen molar-refractivity contribution in [2.45, 2.75) is 37.1 Å². The van der Waals surface area contributed by atoms with E-state index >= 15 is 0 Å². The number of nitrogens with zero attached hydrogens (tertiary/aromatic N) is 4. The van der Waals surface area contributed by atoms with Gasteiger partial charge in [-0.25, -0.2) is 4.68 Å².